The van der Waals surface area contributed by atoms with Crippen LogP contribution in [0.2, 0.25) is 0 Å². The third-order valence-electron chi connectivity index (χ3n) is 3.65. The zero-order chi connectivity index (χ0) is 12.5. The summed E-state index contributed by atoms with van der Waals surface area (Å²) in [6.45, 7) is 0. The number of hydrogen-bond donors (Lipinski definition) is 1. The zero-order valence-corrected chi connectivity index (χ0v) is 11.6. The molecule has 1 aromatic rings. The molecule has 2 rings (SSSR count). The summed E-state index contributed by atoms with van der Waals surface area (Å²) in [4.78, 5) is 1.17. The van der Waals surface area contributed by atoms with Gasteiger partial charge < -0.3 is 5.73 Å². The minimum atomic E-state index is -2.91. The fourth-order valence-corrected chi connectivity index (χ4v) is 4.62. The molecule has 5 heteroatoms. The number of nitrogens with two attached hydrogens (primary N) is 1. The average Bonchev–Trinajstić information content (AvgIpc) is 2.80. The quantitative estimate of drug-likeness (QED) is 0.919. The highest BCUT2D eigenvalue weighted by atomic mass is 32.2. The lowest BCUT2D eigenvalue weighted by atomic mass is 9.83. The minimum absolute atomic E-state index is 0.000417. The molecule has 2 N–H and O–H groups in total. The third kappa shape index (κ3) is 3.09. The van der Waals surface area contributed by atoms with Crippen LogP contribution < -0.4 is 5.73 Å². The molecule has 0 saturated heterocycles. The summed E-state index contributed by atoms with van der Waals surface area (Å²) < 4.78 is 23.2. The summed E-state index contributed by atoms with van der Waals surface area (Å²) in [5.74, 6) is 0.308. The zero-order valence-electron chi connectivity index (χ0n) is 10.0. The van der Waals surface area contributed by atoms with Gasteiger partial charge >= 0.3 is 0 Å². The number of hydrogen-bond acceptors (Lipinski definition) is 4. The Balaban J connectivity index is 2.07. The predicted molar refractivity (Wildman–Crippen MR) is 71.8 cm³/mol. The van der Waals surface area contributed by atoms with E-state index >= 15 is 0 Å². The van der Waals surface area contributed by atoms with E-state index in [4.69, 9.17) is 5.73 Å². The molecular weight excluding hydrogens is 254 g/mol. The van der Waals surface area contributed by atoms with Crippen molar-refractivity contribution in [3.63, 3.8) is 0 Å². The van der Waals surface area contributed by atoms with E-state index < -0.39 is 9.84 Å². The fraction of sp³-hybridized carbons (Fsp3) is 0.667. The van der Waals surface area contributed by atoms with Crippen LogP contribution in [0.1, 0.15) is 36.6 Å². The second-order valence-electron chi connectivity index (χ2n) is 4.92. The molecule has 1 heterocycles. The Morgan fingerprint density at radius 3 is 2.82 bits per heavy atom. The molecule has 3 nitrogen and oxygen atoms in total. The van der Waals surface area contributed by atoms with E-state index in [-0.39, 0.29) is 11.3 Å². The molecule has 0 aromatic carbocycles. The Kier molecular flexibility index (Phi) is 3.90. The first-order valence-corrected chi connectivity index (χ1v) is 8.80. The van der Waals surface area contributed by atoms with Crippen molar-refractivity contribution >= 4 is 21.2 Å². The summed E-state index contributed by atoms with van der Waals surface area (Å²) in [6, 6.07) is 4.04. The lowest BCUT2D eigenvalue weighted by molar-refractivity contribution is 0.311. The Bertz CT molecular complexity index is 453. The molecule has 1 aliphatic carbocycles. The normalized spacial score (nSPS) is 27.9. The van der Waals surface area contributed by atoms with Gasteiger partial charge in [-0.3, -0.25) is 0 Å². The second-order valence-corrected chi connectivity index (χ2v) is 8.22. The highest BCUT2D eigenvalue weighted by Crippen LogP contribution is 2.36. The molecule has 0 radical (unpaired) electrons. The number of sulfone groups is 1. The highest BCUT2D eigenvalue weighted by molar-refractivity contribution is 7.91. The van der Waals surface area contributed by atoms with Crippen LogP contribution in [0.3, 0.4) is 0 Å². The molecule has 3 atom stereocenters. The van der Waals surface area contributed by atoms with Gasteiger partial charge in [0, 0.05) is 17.2 Å². The van der Waals surface area contributed by atoms with Crippen molar-refractivity contribution < 1.29 is 8.42 Å². The Morgan fingerprint density at radius 2 is 2.24 bits per heavy atom. The molecule has 3 unspecified atom stereocenters. The van der Waals surface area contributed by atoms with Gasteiger partial charge in [0.15, 0.2) is 0 Å². The van der Waals surface area contributed by atoms with E-state index in [2.05, 4.69) is 0 Å². The van der Waals surface area contributed by atoms with Crippen LogP contribution in [-0.2, 0) is 9.84 Å². The first kappa shape index (κ1) is 13.1. The molecule has 1 aliphatic rings. The number of rotatable bonds is 3. The van der Waals surface area contributed by atoms with E-state index in [1.54, 1.807) is 11.3 Å². The number of thiophene rings is 1. The minimum Gasteiger partial charge on any atom is -0.323 e. The standard InChI is InChI=1S/C12H19NO2S2/c1-17(14,15)10-5-2-4-9(8-10)12(13)11-6-3-7-16-11/h3,6-7,9-10,12H,2,4-5,8,13H2,1H3. The van der Waals surface area contributed by atoms with Gasteiger partial charge in [0.1, 0.15) is 9.84 Å². The predicted octanol–water partition coefficient (Wildman–Crippen LogP) is 2.35. The SMILES string of the molecule is CS(=O)(=O)C1CCCC(C(N)c2cccs2)C1. The molecule has 1 saturated carbocycles. The molecular formula is C12H19NO2S2. The van der Waals surface area contributed by atoms with Gasteiger partial charge in [0.05, 0.1) is 5.25 Å². The summed E-state index contributed by atoms with van der Waals surface area (Å²) in [6.07, 6.45) is 4.88. The fourth-order valence-electron chi connectivity index (χ4n) is 2.61. The monoisotopic (exact) mass is 273 g/mol. The van der Waals surface area contributed by atoms with Crippen molar-refractivity contribution in [2.75, 3.05) is 6.26 Å². The van der Waals surface area contributed by atoms with E-state index in [1.165, 1.54) is 11.1 Å². The summed E-state index contributed by atoms with van der Waals surface area (Å²) in [7, 11) is -2.91. The first-order chi connectivity index (χ1) is 7.98. The highest BCUT2D eigenvalue weighted by Gasteiger charge is 2.32. The molecule has 0 bridgehead atoms. The van der Waals surface area contributed by atoms with Gasteiger partial charge in [-0.05, 0) is 36.6 Å². The summed E-state index contributed by atoms with van der Waals surface area (Å²) in [5, 5.41) is 1.83. The molecule has 0 spiro atoms. The Hall–Kier alpha value is -0.390. The van der Waals surface area contributed by atoms with Gasteiger partial charge in [-0.2, -0.15) is 0 Å². The Labute approximate surface area is 107 Å². The lowest BCUT2D eigenvalue weighted by Gasteiger charge is -2.31. The van der Waals surface area contributed by atoms with Crippen molar-refractivity contribution in [3.05, 3.63) is 22.4 Å². The topological polar surface area (TPSA) is 60.2 Å². The molecule has 96 valence electrons. The van der Waals surface area contributed by atoms with Crippen LogP contribution in [0.4, 0.5) is 0 Å². The third-order valence-corrected chi connectivity index (χ3v) is 6.26. The maximum atomic E-state index is 11.6. The van der Waals surface area contributed by atoms with E-state index in [0.717, 1.165) is 25.7 Å². The van der Waals surface area contributed by atoms with Crippen molar-refractivity contribution in [3.8, 4) is 0 Å². The van der Waals surface area contributed by atoms with Gasteiger partial charge in [-0.15, -0.1) is 11.3 Å². The molecule has 1 fully saturated rings. The van der Waals surface area contributed by atoms with Crippen molar-refractivity contribution in [1.29, 1.82) is 0 Å². The lowest BCUT2D eigenvalue weighted by Crippen LogP contribution is -2.32. The van der Waals surface area contributed by atoms with E-state index in [9.17, 15) is 8.42 Å². The molecule has 0 aliphatic heterocycles. The molecule has 1 aromatic heterocycles. The Morgan fingerprint density at radius 1 is 1.47 bits per heavy atom. The summed E-state index contributed by atoms with van der Waals surface area (Å²) in [5.41, 5.74) is 6.24. The average molecular weight is 273 g/mol. The maximum absolute atomic E-state index is 11.6. The smallest absolute Gasteiger partial charge is 0.150 e. The van der Waals surface area contributed by atoms with Gasteiger partial charge in [-0.1, -0.05) is 12.5 Å². The van der Waals surface area contributed by atoms with Crippen LogP contribution in [0, 0.1) is 5.92 Å². The second kappa shape index (κ2) is 5.08. The van der Waals surface area contributed by atoms with E-state index in [0.29, 0.717) is 5.92 Å². The van der Waals surface area contributed by atoms with Crippen LogP contribution in [0.25, 0.3) is 0 Å². The summed E-state index contributed by atoms with van der Waals surface area (Å²) >= 11 is 1.66. The molecule has 0 amide bonds. The largest absolute Gasteiger partial charge is 0.323 e. The van der Waals surface area contributed by atoms with Crippen molar-refractivity contribution in [1.82, 2.24) is 0 Å². The molecule has 17 heavy (non-hydrogen) atoms. The van der Waals surface area contributed by atoms with Crippen LogP contribution in [0.15, 0.2) is 17.5 Å². The van der Waals surface area contributed by atoms with E-state index in [1.807, 2.05) is 17.5 Å². The van der Waals surface area contributed by atoms with Gasteiger partial charge in [-0.25, -0.2) is 8.42 Å². The van der Waals surface area contributed by atoms with Crippen molar-refractivity contribution in [2.45, 2.75) is 37.0 Å². The van der Waals surface area contributed by atoms with Crippen LogP contribution >= 0.6 is 11.3 Å². The van der Waals surface area contributed by atoms with Gasteiger partial charge in [0.2, 0.25) is 0 Å². The van der Waals surface area contributed by atoms with Crippen LogP contribution in [0.5, 0.6) is 0 Å². The van der Waals surface area contributed by atoms with Crippen molar-refractivity contribution in [2.24, 2.45) is 11.7 Å². The van der Waals surface area contributed by atoms with Gasteiger partial charge in [0.25, 0.3) is 0 Å². The first-order valence-electron chi connectivity index (χ1n) is 5.96. The maximum Gasteiger partial charge on any atom is 0.150 e. The van der Waals surface area contributed by atoms with Crippen LogP contribution in [-0.4, -0.2) is 19.9 Å².